The number of amides is 1. The van der Waals surface area contributed by atoms with Crippen LogP contribution in [0.2, 0.25) is 10.0 Å². The highest BCUT2D eigenvalue weighted by Gasteiger charge is 2.36. The maximum Gasteiger partial charge on any atom is 0.242 e. The van der Waals surface area contributed by atoms with E-state index in [4.69, 9.17) is 23.2 Å². The molecule has 0 spiro atoms. The molecule has 0 aromatic heterocycles. The van der Waals surface area contributed by atoms with Crippen molar-refractivity contribution in [1.82, 2.24) is 4.31 Å². The van der Waals surface area contributed by atoms with Crippen LogP contribution in [0.3, 0.4) is 0 Å². The summed E-state index contributed by atoms with van der Waals surface area (Å²) < 4.78 is 24.4. The van der Waals surface area contributed by atoms with Gasteiger partial charge in [0.2, 0.25) is 15.9 Å². The van der Waals surface area contributed by atoms with Crippen molar-refractivity contribution in [1.29, 1.82) is 0 Å². The predicted octanol–water partition coefficient (Wildman–Crippen LogP) is 2.36. The zero-order chi connectivity index (χ0) is 14.9. The minimum absolute atomic E-state index is 0.329. The van der Waals surface area contributed by atoms with Gasteiger partial charge in [-0.25, -0.2) is 8.42 Å². The van der Waals surface area contributed by atoms with E-state index in [1.54, 1.807) is 12.1 Å². The van der Waals surface area contributed by atoms with E-state index in [0.29, 0.717) is 35.1 Å². The number of rotatable bonds is 3. The van der Waals surface area contributed by atoms with Crippen LogP contribution in [0, 0.1) is 0 Å². The number of carbonyl (C=O) groups excluding carboxylic acids is 1. The first kappa shape index (κ1) is 15.6. The molecular formula is C12H14Cl2N2O3S. The van der Waals surface area contributed by atoms with Crippen LogP contribution in [0.1, 0.15) is 12.8 Å². The second kappa shape index (κ2) is 5.89. The Kier molecular flexibility index (Phi) is 4.59. The van der Waals surface area contributed by atoms with Crippen LogP contribution >= 0.6 is 23.2 Å². The lowest BCUT2D eigenvalue weighted by molar-refractivity contribution is -0.119. The second-order valence-electron chi connectivity index (χ2n) is 4.65. The first-order valence-corrected chi connectivity index (χ1v) is 8.62. The third-order valence-corrected chi connectivity index (χ3v) is 5.15. The number of halogens is 2. The lowest BCUT2D eigenvalue weighted by Crippen LogP contribution is -2.42. The van der Waals surface area contributed by atoms with Gasteiger partial charge >= 0.3 is 0 Å². The van der Waals surface area contributed by atoms with Crippen LogP contribution in [-0.2, 0) is 14.8 Å². The number of anilines is 1. The highest BCUT2D eigenvalue weighted by atomic mass is 35.5. The first-order valence-electron chi connectivity index (χ1n) is 6.02. The van der Waals surface area contributed by atoms with E-state index in [2.05, 4.69) is 5.32 Å². The summed E-state index contributed by atoms with van der Waals surface area (Å²) in [5.41, 5.74) is 0.491. The van der Waals surface area contributed by atoms with Gasteiger partial charge < -0.3 is 5.32 Å². The van der Waals surface area contributed by atoms with Crippen LogP contribution in [0.5, 0.6) is 0 Å². The van der Waals surface area contributed by atoms with E-state index >= 15 is 0 Å². The lowest BCUT2D eigenvalue weighted by Gasteiger charge is -2.21. The lowest BCUT2D eigenvalue weighted by atomic mass is 10.2. The Balaban J connectivity index is 2.13. The number of hydrogen-bond acceptors (Lipinski definition) is 3. The van der Waals surface area contributed by atoms with Crippen molar-refractivity contribution in [2.45, 2.75) is 18.9 Å². The molecule has 0 saturated carbocycles. The van der Waals surface area contributed by atoms with Gasteiger partial charge in [0, 0.05) is 12.2 Å². The standard InChI is InChI=1S/C12H14Cl2N2O3S/c1-20(18,19)16-6-2-3-11(16)12(17)15-8-4-5-9(13)10(14)7-8/h4-5,7,11H,2-3,6H2,1H3,(H,15,17)/t11-/m1/s1. The molecule has 1 amide bonds. The quantitative estimate of drug-likeness (QED) is 0.921. The highest BCUT2D eigenvalue weighted by Crippen LogP contribution is 2.26. The molecule has 1 aromatic carbocycles. The molecule has 1 heterocycles. The second-order valence-corrected chi connectivity index (χ2v) is 7.40. The van der Waals surface area contributed by atoms with Crippen molar-refractivity contribution < 1.29 is 13.2 Å². The molecule has 2 rings (SSSR count). The molecule has 110 valence electrons. The molecule has 1 aliphatic rings. The highest BCUT2D eigenvalue weighted by molar-refractivity contribution is 7.88. The molecule has 1 aliphatic heterocycles. The largest absolute Gasteiger partial charge is 0.325 e. The fourth-order valence-electron chi connectivity index (χ4n) is 2.20. The smallest absolute Gasteiger partial charge is 0.242 e. The number of nitrogens with one attached hydrogen (secondary N) is 1. The summed E-state index contributed by atoms with van der Waals surface area (Å²) in [6.45, 7) is 0.373. The Morgan fingerprint density at radius 3 is 2.65 bits per heavy atom. The number of benzene rings is 1. The summed E-state index contributed by atoms with van der Waals surface area (Å²) >= 11 is 11.7. The summed E-state index contributed by atoms with van der Waals surface area (Å²) in [4.78, 5) is 12.2. The van der Waals surface area contributed by atoms with Crippen molar-refractivity contribution >= 4 is 44.8 Å². The Morgan fingerprint density at radius 1 is 1.35 bits per heavy atom. The summed E-state index contributed by atoms with van der Waals surface area (Å²) in [7, 11) is -3.38. The van der Waals surface area contributed by atoms with Crippen LogP contribution in [-0.4, -0.2) is 37.5 Å². The molecule has 8 heteroatoms. The molecular weight excluding hydrogens is 323 g/mol. The number of nitrogens with zero attached hydrogens (tertiary/aromatic N) is 1. The summed E-state index contributed by atoms with van der Waals surface area (Å²) in [6.07, 6.45) is 2.30. The minimum Gasteiger partial charge on any atom is -0.325 e. The van der Waals surface area contributed by atoms with Crippen molar-refractivity contribution in [3.05, 3.63) is 28.2 Å². The van der Waals surface area contributed by atoms with Crippen molar-refractivity contribution in [2.75, 3.05) is 18.1 Å². The Morgan fingerprint density at radius 2 is 2.05 bits per heavy atom. The van der Waals surface area contributed by atoms with Crippen molar-refractivity contribution in [3.8, 4) is 0 Å². The molecule has 0 radical (unpaired) electrons. The van der Waals surface area contributed by atoms with Crippen LogP contribution < -0.4 is 5.32 Å². The van der Waals surface area contributed by atoms with Gasteiger partial charge in [0.1, 0.15) is 6.04 Å². The zero-order valence-corrected chi connectivity index (χ0v) is 13.1. The molecule has 1 saturated heterocycles. The van der Waals surface area contributed by atoms with Crippen LogP contribution in [0.25, 0.3) is 0 Å². The van der Waals surface area contributed by atoms with Crippen molar-refractivity contribution in [3.63, 3.8) is 0 Å². The van der Waals surface area contributed by atoms with Gasteiger partial charge in [-0.3, -0.25) is 4.79 Å². The van der Waals surface area contributed by atoms with Gasteiger partial charge in [0.25, 0.3) is 0 Å². The van der Waals surface area contributed by atoms with E-state index in [-0.39, 0.29) is 5.91 Å². The van der Waals surface area contributed by atoms with E-state index in [1.807, 2.05) is 0 Å². The monoisotopic (exact) mass is 336 g/mol. The molecule has 1 atom stereocenters. The maximum absolute atomic E-state index is 12.2. The van der Waals surface area contributed by atoms with Gasteiger partial charge in [0.15, 0.2) is 0 Å². The molecule has 0 unspecified atom stereocenters. The van der Waals surface area contributed by atoms with Crippen LogP contribution in [0.15, 0.2) is 18.2 Å². The first-order chi connectivity index (χ1) is 9.29. The Hall–Kier alpha value is -0.820. The minimum atomic E-state index is -3.38. The zero-order valence-electron chi connectivity index (χ0n) is 10.8. The molecule has 0 aliphatic carbocycles. The van der Waals surface area contributed by atoms with E-state index < -0.39 is 16.1 Å². The predicted molar refractivity (Wildman–Crippen MR) is 79.7 cm³/mol. The summed E-state index contributed by atoms with van der Waals surface area (Å²) in [6, 6.07) is 4.05. The number of sulfonamides is 1. The summed E-state index contributed by atoms with van der Waals surface area (Å²) in [5.74, 6) is -0.355. The molecule has 1 N–H and O–H groups in total. The van der Waals surface area contributed by atoms with Crippen molar-refractivity contribution in [2.24, 2.45) is 0 Å². The Labute approximate surface area is 127 Å². The molecule has 5 nitrogen and oxygen atoms in total. The Bertz CT molecular complexity index is 634. The van der Waals surface area contributed by atoms with E-state index in [1.165, 1.54) is 10.4 Å². The third-order valence-electron chi connectivity index (χ3n) is 3.12. The van der Waals surface area contributed by atoms with Crippen LogP contribution in [0.4, 0.5) is 5.69 Å². The van der Waals surface area contributed by atoms with Gasteiger partial charge in [-0.1, -0.05) is 23.2 Å². The topological polar surface area (TPSA) is 66.5 Å². The number of carbonyl (C=O) groups is 1. The van der Waals surface area contributed by atoms with E-state index in [0.717, 1.165) is 6.26 Å². The molecule has 1 aromatic rings. The molecule has 20 heavy (non-hydrogen) atoms. The van der Waals surface area contributed by atoms with Gasteiger partial charge in [-0.05, 0) is 31.0 Å². The van der Waals surface area contributed by atoms with Gasteiger partial charge in [-0.2, -0.15) is 4.31 Å². The molecule has 0 bridgehead atoms. The SMILES string of the molecule is CS(=O)(=O)N1CCC[C@@H]1C(=O)Nc1ccc(Cl)c(Cl)c1. The summed E-state index contributed by atoms with van der Waals surface area (Å²) in [5, 5.41) is 3.39. The van der Waals surface area contributed by atoms with E-state index in [9.17, 15) is 13.2 Å². The normalized spacial score (nSPS) is 20.1. The fourth-order valence-corrected chi connectivity index (χ4v) is 3.62. The third kappa shape index (κ3) is 3.44. The van der Waals surface area contributed by atoms with Gasteiger partial charge in [-0.15, -0.1) is 0 Å². The maximum atomic E-state index is 12.2. The average Bonchev–Trinajstić information content (AvgIpc) is 2.83. The average molecular weight is 337 g/mol. The molecule has 1 fully saturated rings. The number of hydrogen-bond donors (Lipinski definition) is 1. The fraction of sp³-hybridized carbons (Fsp3) is 0.417. The van der Waals surface area contributed by atoms with Gasteiger partial charge in [0.05, 0.1) is 16.3 Å².